The molecule has 0 saturated heterocycles. The van der Waals surface area contributed by atoms with Gasteiger partial charge in [0.2, 0.25) is 11.9 Å². The molecule has 2 heterocycles. The number of rotatable bonds is 7. The summed E-state index contributed by atoms with van der Waals surface area (Å²) >= 11 is 1.26. The van der Waals surface area contributed by atoms with Gasteiger partial charge < -0.3 is 10.1 Å². The molecule has 2 amide bonds. The summed E-state index contributed by atoms with van der Waals surface area (Å²) in [5.41, 5.74) is 1.19. The molecule has 12 heteroatoms. The zero-order chi connectivity index (χ0) is 23.1. The summed E-state index contributed by atoms with van der Waals surface area (Å²) in [4.78, 5) is 36.2. The van der Waals surface area contributed by atoms with Gasteiger partial charge in [0.05, 0.1) is 11.3 Å². The first kappa shape index (κ1) is 23.0. The van der Waals surface area contributed by atoms with Gasteiger partial charge in [-0.2, -0.15) is 0 Å². The van der Waals surface area contributed by atoms with Crippen molar-refractivity contribution in [3.8, 4) is 5.75 Å². The average molecular weight is 463 g/mol. The highest BCUT2D eigenvalue weighted by Gasteiger charge is 2.31. The van der Waals surface area contributed by atoms with Crippen LogP contribution in [-0.4, -0.2) is 33.1 Å². The van der Waals surface area contributed by atoms with Gasteiger partial charge in [-0.05, 0) is 42.5 Å². The number of halogens is 3. The van der Waals surface area contributed by atoms with Crippen LogP contribution < -0.4 is 15.4 Å². The number of thioether (sulfide) groups is 1. The normalized spacial score (nSPS) is 11.0. The Hall–Kier alpha value is -3.67. The Bertz CT molecular complexity index is 1110. The van der Waals surface area contributed by atoms with Crippen LogP contribution in [0.4, 0.5) is 24.8 Å². The van der Waals surface area contributed by atoms with Crippen LogP contribution in [0.3, 0.4) is 0 Å². The quantitative estimate of drug-likeness (QED) is 0.504. The molecular formula is C20H16F3N5O3S. The van der Waals surface area contributed by atoms with Gasteiger partial charge in [-0.3, -0.25) is 14.9 Å². The van der Waals surface area contributed by atoms with Gasteiger partial charge in [-0.1, -0.05) is 11.8 Å². The van der Waals surface area contributed by atoms with Crippen LogP contribution in [0.2, 0.25) is 0 Å². The van der Waals surface area contributed by atoms with Gasteiger partial charge in [0.15, 0.2) is 0 Å². The molecule has 0 unspecified atom stereocenters. The second-order valence-corrected chi connectivity index (χ2v) is 7.19. The van der Waals surface area contributed by atoms with Gasteiger partial charge in [0.25, 0.3) is 5.91 Å². The number of anilines is 2. The molecule has 0 radical (unpaired) electrons. The predicted octanol–water partition coefficient (Wildman–Crippen LogP) is 4.27. The number of alkyl halides is 3. The maximum absolute atomic E-state index is 12.7. The maximum atomic E-state index is 12.7. The summed E-state index contributed by atoms with van der Waals surface area (Å²) in [6, 6.07) is 9.64. The van der Waals surface area contributed by atoms with Gasteiger partial charge in [-0.25, -0.2) is 15.0 Å². The first-order valence-electron chi connectivity index (χ1n) is 9.04. The van der Waals surface area contributed by atoms with E-state index in [9.17, 15) is 22.8 Å². The van der Waals surface area contributed by atoms with E-state index in [2.05, 4.69) is 30.3 Å². The summed E-state index contributed by atoms with van der Waals surface area (Å²) in [5.74, 6) is -0.636. The summed E-state index contributed by atoms with van der Waals surface area (Å²) in [6.45, 7) is 1.35. The fraction of sp³-hybridized carbons (Fsp3) is 0.150. The standard InChI is InChI=1S/C20H16F3N5O3S/c1-12(29)26-19-25-10-8-14(28-19)11-32-18-16(3-2-9-24-18)17(30)27-13-4-6-15(7-5-13)31-20(21,22)23/h2-10H,11H2,1H3,(H,27,30)(H,25,26,28,29). The van der Waals surface area contributed by atoms with Crippen LogP contribution in [0, 0.1) is 0 Å². The molecule has 0 atom stereocenters. The number of carbonyl (C=O) groups excluding carboxylic acids is 2. The lowest BCUT2D eigenvalue weighted by Crippen LogP contribution is -2.17. The number of hydrogen-bond donors (Lipinski definition) is 2. The van der Waals surface area contributed by atoms with Crippen molar-refractivity contribution in [2.24, 2.45) is 0 Å². The maximum Gasteiger partial charge on any atom is 0.573 e. The van der Waals surface area contributed by atoms with E-state index in [1.165, 1.54) is 43.2 Å². The van der Waals surface area contributed by atoms with Crippen molar-refractivity contribution in [3.05, 3.63) is 66.1 Å². The first-order chi connectivity index (χ1) is 15.2. The molecular weight excluding hydrogens is 447 g/mol. The van der Waals surface area contributed by atoms with E-state index in [-0.39, 0.29) is 17.4 Å². The van der Waals surface area contributed by atoms with Crippen LogP contribution >= 0.6 is 11.8 Å². The zero-order valence-corrected chi connectivity index (χ0v) is 17.3. The van der Waals surface area contributed by atoms with Crippen molar-refractivity contribution in [2.75, 3.05) is 10.6 Å². The topological polar surface area (TPSA) is 106 Å². The number of benzene rings is 1. The van der Waals surface area contributed by atoms with E-state index < -0.39 is 18.0 Å². The molecule has 3 aromatic rings. The minimum atomic E-state index is -4.79. The highest BCUT2D eigenvalue weighted by atomic mass is 32.2. The molecule has 0 fully saturated rings. The Labute approximate surface area is 184 Å². The van der Waals surface area contributed by atoms with Gasteiger partial charge in [0.1, 0.15) is 10.8 Å². The highest BCUT2D eigenvalue weighted by Crippen LogP contribution is 2.26. The molecule has 166 valence electrons. The minimum Gasteiger partial charge on any atom is -0.406 e. The van der Waals surface area contributed by atoms with Gasteiger partial charge in [-0.15, -0.1) is 13.2 Å². The Morgan fingerprint density at radius 1 is 1.03 bits per heavy atom. The molecule has 8 nitrogen and oxygen atoms in total. The Morgan fingerprint density at radius 3 is 2.47 bits per heavy atom. The lowest BCUT2D eigenvalue weighted by molar-refractivity contribution is -0.274. The number of amides is 2. The molecule has 32 heavy (non-hydrogen) atoms. The van der Waals surface area contributed by atoms with E-state index in [0.29, 0.717) is 22.2 Å². The van der Waals surface area contributed by atoms with Crippen molar-refractivity contribution < 1.29 is 27.5 Å². The van der Waals surface area contributed by atoms with Crippen LogP contribution in [0.15, 0.2) is 59.9 Å². The smallest absolute Gasteiger partial charge is 0.406 e. The lowest BCUT2D eigenvalue weighted by Gasteiger charge is -2.11. The minimum absolute atomic E-state index is 0.174. The SMILES string of the molecule is CC(=O)Nc1nccc(CSc2ncccc2C(=O)Nc2ccc(OC(F)(F)F)cc2)n1. The third kappa shape index (κ3) is 6.94. The summed E-state index contributed by atoms with van der Waals surface area (Å²) < 4.78 is 40.6. The van der Waals surface area contributed by atoms with Crippen molar-refractivity contribution >= 4 is 35.2 Å². The average Bonchev–Trinajstić information content (AvgIpc) is 2.72. The van der Waals surface area contributed by atoms with Crippen molar-refractivity contribution in [1.82, 2.24) is 15.0 Å². The second-order valence-electron chi connectivity index (χ2n) is 6.22. The predicted molar refractivity (Wildman–Crippen MR) is 111 cm³/mol. The number of aromatic nitrogens is 3. The number of ether oxygens (including phenoxy) is 1. The Kier molecular flexibility index (Phi) is 7.25. The van der Waals surface area contributed by atoms with E-state index in [0.717, 1.165) is 12.1 Å². The largest absolute Gasteiger partial charge is 0.573 e. The van der Waals surface area contributed by atoms with Crippen molar-refractivity contribution in [2.45, 2.75) is 24.1 Å². The van der Waals surface area contributed by atoms with E-state index in [1.807, 2.05) is 0 Å². The molecule has 0 aliphatic carbocycles. The highest BCUT2D eigenvalue weighted by molar-refractivity contribution is 7.98. The molecule has 3 rings (SSSR count). The first-order valence-corrected chi connectivity index (χ1v) is 10.0. The van der Waals surface area contributed by atoms with Gasteiger partial charge in [0, 0.05) is 30.8 Å². The van der Waals surface area contributed by atoms with E-state index in [4.69, 9.17) is 0 Å². The van der Waals surface area contributed by atoms with Crippen LogP contribution in [0.5, 0.6) is 5.75 Å². The summed E-state index contributed by atoms with van der Waals surface area (Å²) in [6.07, 6.45) is -1.75. The van der Waals surface area contributed by atoms with Crippen molar-refractivity contribution in [3.63, 3.8) is 0 Å². The Balaban J connectivity index is 1.67. The molecule has 2 aromatic heterocycles. The number of nitrogens with one attached hydrogen (secondary N) is 2. The molecule has 0 bridgehead atoms. The number of carbonyl (C=O) groups is 2. The Morgan fingerprint density at radius 2 is 1.78 bits per heavy atom. The molecule has 2 N–H and O–H groups in total. The second kappa shape index (κ2) is 10.1. The van der Waals surface area contributed by atoms with Crippen LogP contribution in [-0.2, 0) is 10.5 Å². The van der Waals surface area contributed by atoms with Crippen LogP contribution in [0.1, 0.15) is 23.0 Å². The fourth-order valence-electron chi connectivity index (χ4n) is 2.45. The molecule has 0 saturated carbocycles. The number of pyridine rings is 1. The molecule has 0 spiro atoms. The molecule has 0 aliphatic rings. The number of hydrogen-bond acceptors (Lipinski definition) is 7. The van der Waals surface area contributed by atoms with Crippen molar-refractivity contribution in [1.29, 1.82) is 0 Å². The monoisotopic (exact) mass is 463 g/mol. The van der Waals surface area contributed by atoms with E-state index >= 15 is 0 Å². The molecule has 1 aromatic carbocycles. The van der Waals surface area contributed by atoms with E-state index in [1.54, 1.807) is 18.2 Å². The van der Waals surface area contributed by atoms with Crippen LogP contribution in [0.25, 0.3) is 0 Å². The summed E-state index contributed by atoms with van der Waals surface area (Å²) in [7, 11) is 0. The third-order valence-corrected chi connectivity index (χ3v) is 4.76. The third-order valence-electron chi connectivity index (χ3n) is 3.72. The fourth-order valence-corrected chi connectivity index (χ4v) is 3.35. The summed E-state index contributed by atoms with van der Waals surface area (Å²) in [5, 5.41) is 5.54. The lowest BCUT2D eigenvalue weighted by atomic mass is 10.2. The zero-order valence-electron chi connectivity index (χ0n) is 16.5. The number of nitrogens with zero attached hydrogens (tertiary/aromatic N) is 3. The molecule has 0 aliphatic heterocycles. The van der Waals surface area contributed by atoms with Gasteiger partial charge >= 0.3 is 6.36 Å².